The number of hydrogen-bond donors (Lipinski definition) is 1. The lowest BCUT2D eigenvalue weighted by molar-refractivity contribution is -0.274. The lowest BCUT2D eigenvalue weighted by atomic mass is 9.70. The van der Waals surface area contributed by atoms with E-state index < -0.39 is 12.3 Å². The van der Waals surface area contributed by atoms with Crippen LogP contribution in [0.2, 0.25) is 0 Å². The number of carbonyl (C=O) groups excluding carboxylic acids is 1. The number of imidazole rings is 1. The largest absolute Gasteiger partial charge is 0.573 e. The Kier molecular flexibility index (Phi) is 6.46. The Morgan fingerprint density at radius 3 is 2.46 bits per heavy atom. The maximum atomic E-state index is 12.5. The molecule has 1 aliphatic carbocycles. The lowest BCUT2D eigenvalue weighted by Crippen LogP contribution is -2.29. The standard InChI is InChI=1S/C26H30F3N3O3/c1-15-10-18(14-25(3,4)13-15)32-22-11-16(2)20(23(33)34-5)12-21(22)31-24(32)30-17-6-8-19(9-7-17)35-26(27,28)29/h6-9,11-12,15,18H,10,13-14H2,1-5H3,(H,30,31)/t15-,18?/m1/s1. The van der Waals surface area contributed by atoms with Crippen LogP contribution in [0.15, 0.2) is 36.4 Å². The summed E-state index contributed by atoms with van der Waals surface area (Å²) < 4.78 is 48.6. The van der Waals surface area contributed by atoms with Crippen molar-refractivity contribution in [2.75, 3.05) is 12.4 Å². The minimum absolute atomic E-state index is 0.147. The van der Waals surface area contributed by atoms with E-state index in [9.17, 15) is 18.0 Å². The summed E-state index contributed by atoms with van der Waals surface area (Å²) in [7, 11) is 1.34. The number of esters is 1. The third kappa shape index (κ3) is 5.55. The molecule has 0 aliphatic heterocycles. The van der Waals surface area contributed by atoms with Gasteiger partial charge in [0.05, 0.1) is 23.7 Å². The first-order valence-electron chi connectivity index (χ1n) is 11.6. The van der Waals surface area contributed by atoms with Gasteiger partial charge in [0.2, 0.25) is 5.95 Å². The summed E-state index contributed by atoms with van der Waals surface area (Å²) >= 11 is 0. The van der Waals surface area contributed by atoms with Crippen LogP contribution in [0.1, 0.15) is 62.0 Å². The van der Waals surface area contributed by atoms with E-state index in [4.69, 9.17) is 9.72 Å². The number of fused-ring (bicyclic) bond motifs is 1. The molecule has 0 radical (unpaired) electrons. The Morgan fingerprint density at radius 1 is 1.17 bits per heavy atom. The molecule has 1 aliphatic rings. The van der Waals surface area contributed by atoms with Crippen molar-refractivity contribution in [1.29, 1.82) is 0 Å². The van der Waals surface area contributed by atoms with Crippen LogP contribution in [0.4, 0.5) is 24.8 Å². The van der Waals surface area contributed by atoms with Crippen LogP contribution in [-0.2, 0) is 4.74 Å². The van der Waals surface area contributed by atoms with E-state index in [1.165, 1.54) is 31.4 Å². The number of carbonyl (C=O) groups is 1. The van der Waals surface area contributed by atoms with E-state index in [0.29, 0.717) is 28.6 Å². The van der Waals surface area contributed by atoms with Crippen LogP contribution in [0.5, 0.6) is 5.75 Å². The normalized spacial score (nSPS) is 20.0. The molecule has 0 bridgehead atoms. The van der Waals surface area contributed by atoms with Crippen LogP contribution in [0.3, 0.4) is 0 Å². The molecule has 0 saturated heterocycles. The van der Waals surface area contributed by atoms with Crippen molar-refractivity contribution >= 4 is 28.6 Å². The predicted molar refractivity (Wildman–Crippen MR) is 128 cm³/mol. The van der Waals surface area contributed by atoms with Gasteiger partial charge in [0.25, 0.3) is 0 Å². The third-order valence-electron chi connectivity index (χ3n) is 6.51. The smallest absolute Gasteiger partial charge is 0.465 e. The van der Waals surface area contributed by atoms with E-state index in [1.54, 1.807) is 6.07 Å². The van der Waals surface area contributed by atoms with Crippen molar-refractivity contribution in [1.82, 2.24) is 9.55 Å². The van der Waals surface area contributed by atoms with Gasteiger partial charge in [0, 0.05) is 11.7 Å². The highest BCUT2D eigenvalue weighted by atomic mass is 19.4. The first kappa shape index (κ1) is 24.9. The Morgan fingerprint density at radius 2 is 1.86 bits per heavy atom. The molecule has 35 heavy (non-hydrogen) atoms. The summed E-state index contributed by atoms with van der Waals surface area (Å²) in [5.74, 6) is 0.364. The van der Waals surface area contributed by atoms with Gasteiger partial charge in [-0.2, -0.15) is 0 Å². The highest BCUT2D eigenvalue weighted by molar-refractivity contribution is 5.96. The first-order chi connectivity index (χ1) is 16.3. The molecular weight excluding hydrogens is 459 g/mol. The van der Waals surface area contributed by atoms with Gasteiger partial charge in [-0.15, -0.1) is 13.2 Å². The van der Waals surface area contributed by atoms with Crippen molar-refractivity contribution < 1.29 is 27.4 Å². The van der Waals surface area contributed by atoms with Gasteiger partial charge in [-0.1, -0.05) is 20.8 Å². The molecule has 1 fully saturated rings. The second-order valence-electron chi connectivity index (χ2n) is 10.2. The van der Waals surface area contributed by atoms with Gasteiger partial charge < -0.3 is 19.4 Å². The van der Waals surface area contributed by atoms with Gasteiger partial charge in [0.15, 0.2) is 0 Å². The number of nitrogens with zero attached hydrogens (tertiary/aromatic N) is 2. The number of rotatable bonds is 5. The molecule has 0 amide bonds. The number of ether oxygens (including phenoxy) is 2. The zero-order valence-electron chi connectivity index (χ0n) is 20.5. The lowest BCUT2D eigenvalue weighted by Gasteiger charge is -2.40. The van der Waals surface area contributed by atoms with Gasteiger partial charge in [-0.05, 0) is 79.5 Å². The fraction of sp³-hybridized carbons (Fsp3) is 0.462. The minimum atomic E-state index is -4.75. The van der Waals surface area contributed by atoms with E-state index >= 15 is 0 Å². The van der Waals surface area contributed by atoms with Crippen molar-refractivity contribution in [2.24, 2.45) is 11.3 Å². The highest BCUT2D eigenvalue weighted by Crippen LogP contribution is 2.46. The highest BCUT2D eigenvalue weighted by Gasteiger charge is 2.35. The van der Waals surface area contributed by atoms with Crippen molar-refractivity contribution in [3.05, 3.63) is 47.5 Å². The zero-order chi connectivity index (χ0) is 25.5. The Balaban J connectivity index is 1.77. The number of halogens is 3. The maximum Gasteiger partial charge on any atom is 0.573 e. The number of anilines is 2. The topological polar surface area (TPSA) is 65.4 Å². The molecule has 6 nitrogen and oxygen atoms in total. The SMILES string of the molecule is COC(=O)c1cc2nc(Nc3ccc(OC(F)(F)F)cc3)n(C3C[C@@H](C)CC(C)(C)C3)c2cc1C. The quantitative estimate of drug-likeness (QED) is 0.385. The summed E-state index contributed by atoms with van der Waals surface area (Å²) in [6.45, 7) is 8.65. The van der Waals surface area contributed by atoms with Gasteiger partial charge in [-0.3, -0.25) is 0 Å². The van der Waals surface area contributed by atoms with E-state index in [1.807, 2.05) is 13.0 Å². The zero-order valence-corrected chi connectivity index (χ0v) is 20.5. The van der Waals surface area contributed by atoms with Gasteiger partial charge in [0.1, 0.15) is 5.75 Å². The predicted octanol–water partition coefficient (Wildman–Crippen LogP) is 7.16. The summed E-state index contributed by atoms with van der Waals surface area (Å²) in [6.07, 6.45) is -1.69. The fourth-order valence-electron chi connectivity index (χ4n) is 5.39. The molecule has 3 aromatic rings. The molecule has 1 N–H and O–H groups in total. The number of aryl methyl sites for hydroxylation is 1. The molecule has 1 unspecified atom stereocenters. The maximum absolute atomic E-state index is 12.5. The van der Waals surface area contributed by atoms with E-state index in [0.717, 1.165) is 30.3 Å². The molecule has 9 heteroatoms. The summed E-state index contributed by atoms with van der Waals surface area (Å²) in [5.41, 5.74) is 3.49. The molecule has 1 heterocycles. The van der Waals surface area contributed by atoms with Crippen molar-refractivity contribution in [2.45, 2.75) is 59.4 Å². The number of hydrogen-bond acceptors (Lipinski definition) is 5. The summed E-state index contributed by atoms with van der Waals surface area (Å²) in [5, 5.41) is 3.27. The molecule has 188 valence electrons. The molecule has 0 spiro atoms. The number of aromatic nitrogens is 2. The minimum Gasteiger partial charge on any atom is -0.465 e. The molecule has 1 aromatic heterocycles. The Hall–Kier alpha value is -3.23. The third-order valence-corrected chi connectivity index (χ3v) is 6.51. The van der Waals surface area contributed by atoms with Crippen LogP contribution in [0, 0.1) is 18.3 Å². The summed E-state index contributed by atoms with van der Waals surface area (Å²) in [4.78, 5) is 17.0. The van der Waals surface area contributed by atoms with Gasteiger partial charge in [-0.25, -0.2) is 9.78 Å². The Labute approximate surface area is 202 Å². The van der Waals surface area contributed by atoms with Crippen molar-refractivity contribution in [3.63, 3.8) is 0 Å². The summed E-state index contributed by atoms with van der Waals surface area (Å²) in [6, 6.07) is 9.40. The average molecular weight is 490 g/mol. The monoisotopic (exact) mass is 489 g/mol. The molecule has 1 saturated carbocycles. The van der Waals surface area contributed by atoms with Crippen LogP contribution >= 0.6 is 0 Å². The first-order valence-corrected chi connectivity index (χ1v) is 11.6. The van der Waals surface area contributed by atoms with Gasteiger partial charge >= 0.3 is 12.3 Å². The fourth-order valence-corrected chi connectivity index (χ4v) is 5.39. The van der Waals surface area contributed by atoms with Crippen LogP contribution in [0.25, 0.3) is 11.0 Å². The molecular formula is C26H30F3N3O3. The number of benzene rings is 2. The number of alkyl halides is 3. The average Bonchev–Trinajstić information content (AvgIpc) is 3.08. The molecule has 4 rings (SSSR count). The van der Waals surface area contributed by atoms with E-state index in [-0.39, 0.29) is 17.2 Å². The number of methoxy groups -OCH3 is 1. The van der Waals surface area contributed by atoms with Crippen LogP contribution < -0.4 is 10.1 Å². The van der Waals surface area contributed by atoms with Crippen LogP contribution in [-0.4, -0.2) is 29.0 Å². The second-order valence-corrected chi connectivity index (χ2v) is 10.2. The Bertz CT molecular complexity index is 1230. The molecule has 2 atom stereocenters. The number of nitrogens with one attached hydrogen (secondary N) is 1. The van der Waals surface area contributed by atoms with E-state index in [2.05, 4.69) is 35.4 Å². The molecule has 2 aromatic carbocycles. The second kappa shape index (κ2) is 9.09. The van der Waals surface area contributed by atoms with Crippen molar-refractivity contribution in [3.8, 4) is 5.75 Å².